The lowest BCUT2D eigenvalue weighted by atomic mass is 10.1. The van der Waals surface area contributed by atoms with Crippen LogP contribution >= 0.6 is 11.3 Å². The van der Waals surface area contributed by atoms with E-state index in [4.69, 9.17) is 0 Å². The SMILES string of the molecule is Cc1ccc(NCc2cn3ccsc3n2)cc1C(F)(F)F. The van der Waals surface area contributed by atoms with Gasteiger partial charge in [-0.3, -0.25) is 4.40 Å². The molecule has 2 aromatic heterocycles. The Morgan fingerprint density at radius 3 is 2.86 bits per heavy atom. The van der Waals surface area contributed by atoms with E-state index in [1.54, 1.807) is 6.07 Å². The number of fused-ring (bicyclic) bond motifs is 1. The highest BCUT2D eigenvalue weighted by atomic mass is 32.1. The molecule has 0 atom stereocenters. The van der Waals surface area contributed by atoms with Crippen molar-refractivity contribution in [2.24, 2.45) is 0 Å². The first kappa shape index (κ1) is 13.9. The third-order valence-corrected chi connectivity index (χ3v) is 3.93. The molecule has 0 aliphatic heterocycles. The highest BCUT2D eigenvalue weighted by Gasteiger charge is 2.32. The average Bonchev–Trinajstić information content (AvgIpc) is 2.97. The van der Waals surface area contributed by atoms with Gasteiger partial charge in [0.1, 0.15) is 0 Å². The van der Waals surface area contributed by atoms with Crippen LogP contribution in [0.15, 0.2) is 36.0 Å². The van der Waals surface area contributed by atoms with Gasteiger partial charge in [-0.25, -0.2) is 4.98 Å². The molecule has 0 fully saturated rings. The number of halogens is 3. The third-order valence-electron chi connectivity index (χ3n) is 3.16. The Labute approximate surface area is 123 Å². The Kier molecular flexibility index (Phi) is 3.36. The molecule has 0 radical (unpaired) electrons. The maximum absolute atomic E-state index is 12.8. The molecule has 3 aromatic rings. The Bertz CT molecular complexity index is 745. The highest BCUT2D eigenvalue weighted by molar-refractivity contribution is 7.15. The molecule has 1 aromatic carbocycles. The van der Waals surface area contributed by atoms with Gasteiger partial charge in [-0.2, -0.15) is 13.2 Å². The summed E-state index contributed by atoms with van der Waals surface area (Å²) >= 11 is 1.51. The zero-order valence-corrected chi connectivity index (χ0v) is 11.9. The van der Waals surface area contributed by atoms with Crippen molar-refractivity contribution in [1.82, 2.24) is 9.38 Å². The first-order chi connectivity index (χ1) is 9.93. The largest absolute Gasteiger partial charge is 0.416 e. The summed E-state index contributed by atoms with van der Waals surface area (Å²) in [4.78, 5) is 5.24. The van der Waals surface area contributed by atoms with Crippen LogP contribution in [0.2, 0.25) is 0 Å². The predicted octanol–water partition coefficient (Wildman–Crippen LogP) is 4.34. The molecule has 0 amide bonds. The molecule has 1 N–H and O–H groups in total. The van der Waals surface area contributed by atoms with Gasteiger partial charge in [0.05, 0.1) is 17.8 Å². The third kappa shape index (κ3) is 2.87. The predicted molar refractivity (Wildman–Crippen MR) is 76.6 cm³/mol. The number of anilines is 1. The molecule has 110 valence electrons. The van der Waals surface area contributed by atoms with Crippen LogP contribution in [-0.2, 0) is 12.7 Å². The lowest BCUT2D eigenvalue weighted by molar-refractivity contribution is -0.138. The number of alkyl halides is 3. The quantitative estimate of drug-likeness (QED) is 0.780. The van der Waals surface area contributed by atoms with Gasteiger partial charge < -0.3 is 5.32 Å². The summed E-state index contributed by atoms with van der Waals surface area (Å²) in [6.07, 6.45) is -0.583. The number of benzene rings is 1. The number of thiazole rings is 1. The van der Waals surface area contributed by atoms with Gasteiger partial charge in [-0.05, 0) is 24.6 Å². The number of aromatic nitrogens is 2. The number of nitrogens with one attached hydrogen (secondary N) is 1. The maximum atomic E-state index is 12.8. The van der Waals surface area contributed by atoms with Crippen LogP contribution in [-0.4, -0.2) is 9.38 Å². The fourth-order valence-electron chi connectivity index (χ4n) is 2.09. The number of rotatable bonds is 3. The van der Waals surface area contributed by atoms with Gasteiger partial charge in [0.2, 0.25) is 0 Å². The van der Waals surface area contributed by atoms with E-state index in [1.807, 2.05) is 22.2 Å². The van der Waals surface area contributed by atoms with E-state index in [0.29, 0.717) is 12.2 Å². The van der Waals surface area contributed by atoms with Crippen molar-refractivity contribution in [2.75, 3.05) is 5.32 Å². The molecule has 0 unspecified atom stereocenters. The van der Waals surface area contributed by atoms with Crippen molar-refractivity contribution in [1.29, 1.82) is 0 Å². The van der Waals surface area contributed by atoms with Crippen LogP contribution in [0, 0.1) is 6.92 Å². The molecule has 0 bridgehead atoms. The van der Waals surface area contributed by atoms with E-state index in [9.17, 15) is 13.2 Å². The van der Waals surface area contributed by atoms with E-state index in [-0.39, 0.29) is 5.56 Å². The molecule has 7 heteroatoms. The van der Waals surface area contributed by atoms with E-state index >= 15 is 0 Å². The fourth-order valence-corrected chi connectivity index (χ4v) is 2.81. The van der Waals surface area contributed by atoms with Gasteiger partial charge >= 0.3 is 6.18 Å². The topological polar surface area (TPSA) is 29.3 Å². The second kappa shape index (κ2) is 5.07. The summed E-state index contributed by atoms with van der Waals surface area (Å²) in [6.45, 7) is 1.84. The molecule has 0 aliphatic carbocycles. The van der Waals surface area contributed by atoms with E-state index < -0.39 is 11.7 Å². The lowest BCUT2D eigenvalue weighted by Gasteiger charge is -2.12. The summed E-state index contributed by atoms with van der Waals surface area (Å²) in [5.74, 6) is 0. The molecular formula is C14H12F3N3S. The second-order valence-corrected chi connectivity index (χ2v) is 5.58. The van der Waals surface area contributed by atoms with Gasteiger partial charge in [0, 0.05) is 23.5 Å². The number of aryl methyl sites for hydroxylation is 1. The van der Waals surface area contributed by atoms with Crippen molar-refractivity contribution in [3.8, 4) is 0 Å². The highest BCUT2D eigenvalue weighted by Crippen LogP contribution is 2.33. The minimum Gasteiger partial charge on any atom is -0.379 e. The molecule has 0 spiro atoms. The fraction of sp³-hybridized carbons (Fsp3) is 0.214. The van der Waals surface area contributed by atoms with Crippen molar-refractivity contribution < 1.29 is 13.2 Å². The van der Waals surface area contributed by atoms with Crippen LogP contribution in [0.5, 0.6) is 0 Å². The molecule has 0 aliphatic rings. The van der Waals surface area contributed by atoms with Crippen LogP contribution in [0.25, 0.3) is 4.96 Å². The normalized spacial score (nSPS) is 12.0. The minimum absolute atomic E-state index is 0.218. The van der Waals surface area contributed by atoms with E-state index in [2.05, 4.69) is 10.3 Å². The summed E-state index contributed by atoms with van der Waals surface area (Å²) < 4.78 is 40.4. The van der Waals surface area contributed by atoms with Crippen molar-refractivity contribution in [3.05, 3.63) is 52.8 Å². The van der Waals surface area contributed by atoms with Crippen molar-refractivity contribution in [3.63, 3.8) is 0 Å². The Morgan fingerprint density at radius 1 is 1.33 bits per heavy atom. The van der Waals surface area contributed by atoms with E-state index in [1.165, 1.54) is 24.3 Å². The van der Waals surface area contributed by atoms with Gasteiger partial charge in [-0.1, -0.05) is 6.07 Å². The second-order valence-electron chi connectivity index (χ2n) is 4.71. The van der Waals surface area contributed by atoms with Crippen LogP contribution in [0.1, 0.15) is 16.8 Å². The number of hydrogen-bond acceptors (Lipinski definition) is 3. The maximum Gasteiger partial charge on any atom is 0.416 e. The molecule has 0 saturated carbocycles. The first-order valence-electron chi connectivity index (χ1n) is 6.26. The number of imidazole rings is 1. The zero-order valence-electron chi connectivity index (χ0n) is 11.1. The van der Waals surface area contributed by atoms with E-state index in [0.717, 1.165) is 16.7 Å². The Morgan fingerprint density at radius 2 is 2.14 bits per heavy atom. The van der Waals surface area contributed by atoms with Gasteiger partial charge in [-0.15, -0.1) is 11.3 Å². The molecule has 3 nitrogen and oxygen atoms in total. The lowest BCUT2D eigenvalue weighted by Crippen LogP contribution is -2.09. The average molecular weight is 311 g/mol. The van der Waals surface area contributed by atoms with Gasteiger partial charge in [0.25, 0.3) is 0 Å². The van der Waals surface area contributed by atoms with Crippen LogP contribution < -0.4 is 5.32 Å². The summed E-state index contributed by atoms with van der Waals surface area (Å²) in [5, 5.41) is 4.91. The van der Waals surface area contributed by atoms with Gasteiger partial charge in [0.15, 0.2) is 4.96 Å². The number of nitrogens with zero attached hydrogens (tertiary/aromatic N) is 2. The summed E-state index contributed by atoms with van der Waals surface area (Å²) in [7, 11) is 0. The molecule has 21 heavy (non-hydrogen) atoms. The standard InChI is InChI=1S/C14H12F3N3S/c1-9-2-3-10(6-12(9)14(15,16)17)18-7-11-8-20-4-5-21-13(20)19-11/h2-6,8,18H,7H2,1H3. The Hall–Kier alpha value is -2.02. The smallest absolute Gasteiger partial charge is 0.379 e. The summed E-state index contributed by atoms with van der Waals surface area (Å²) in [5.41, 5.74) is 0.828. The molecular weight excluding hydrogens is 299 g/mol. The van der Waals surface area contributed by atoms with Crippen molar-refractivity contribution >= 4 is 22.0 Å². The molecule has 3 rings (SSSR count). The number of hydrogen-bond donors (Lipinski definition) is 1. The monoisotopic (exact) mass is 311 g/mol. The van der Waals surface area contributed by atoms with Crippen LogP contribution in [0.3, 0.4) is 0 Å². The Balaban J connectivity index is 1.77. The molecule has 2 heterocycles. The minimum atomic E-state index is -4.33. The zero-order chi connectivity index (χ0) is 15.0. The van der Waals surface area contributed by atoms with Crippen LogP contribution in [0.4, 0.5) is 18.9 Å². The summed E-state index contributed by atoms with van der Waals surface area (Å²) in [6, 6.07) is 4.24. The first-order valence-corrected chi connectivity index (χ1v) is 7.14. The van der Waals surface area contributed by atoms with Crippen molar-refractivity contribution in [2.45, 2.75) is 19.6 Å². The molecule has 0 saturated heterocycles.